The highest BCUT2D eigenvalue weighted by Crippen LogP contribution is 2.22. The number of aryl methyl sites for hydroxylation is 1. The van der Waals surface area contributed by atoms with Crippen molar-refractivity contribution in [3.05, 3.63) is 77.9 Å². The van der Waals surface area contributed by atoms with Crippen molar-refractivity contribution in [2.24, 2.45) is 12.8 Å². The van der Waals surface area contributed by atoms with Crippen LogP contribution in [0.15, 0.2) is 70.7 Å². The van der Waals surface area contributed by atoms with E-state index in [0.29, 0.717) is 15.4 Å². The number of nitrogens with one attached hydrogen (secondary N) is 1. The molecule has 4 atom stereocenters. The van der Waals surface area contributed by atoms with Crippen molar-refractivity contribution in [3.63, 3.8) is 0 Å². The van der Waals surface area contributed by atoms with E-state index >= 15 is 0 Å². The highest BCUT2D eigenvalue weighted by atomic mass is 32.3. The van der Waals surface area contributed by atoms with E-state index < -0.39 is 76.7 Å². The summed E-state index contributed by atoms with van der Waals surface area (Å²) in [6.45, 7) is 6.09. The zero-order chi connectivity index (χ0) is 43.8. The fourth-order valence-corrected chi connectivity index (χ4v) is 6.41. The lowest BCUT2D eigenvalue weighted by atomic mass is 10.0. The molecule has 1 aromatic heterocycles. The van der Waals surface area contributed by atoms with E-state index in [-0.39, 0.29) is 36.0 Å². The summed E-state index contributed by atoms with van der Waals surface area (Å²) in [6, 6.07) is 8.87. The molecular formula is C32H48F2N5O14S4+. The van der Waals surface area contributed by atoms with E-state index in [4.69, 9.17) is 15.7 Å². The van der Waals surface area contributed by atoms with Crippen LogP contribution >= 0.6 is 0 Å². The standard InChI is InChI=1S/C12H16FNO7S2.C12H17NO5S.C5H8FN2O2S.C2H3N.CH4/c1-3-21-12(16)10(14-23(13,19)20)11(15)8-4-6-9(7-5-8)22(2,17)18;1-3-18-12(15)10(13)11(14)8-4-6-9(7-5-8)19(2,16)17;1-5-7(2)3-4-8(5)11(6,9)10;1-2-3;/h4-7,10-11,14-15H,3H2,1-2H3;4-7,10-11,14H,3,13H2,1-2H3;3-4H,1-2H3;1H3;1H4/q;;+1;;/t2*10-,11+;;;/m00.../s1. The second kappa shape index (κ2) is 23.7. The molecule has 0 radical (unpaired) electrons. The summed E-state index contributed by atoms with van der Waals surface area (Å²) in [5.41, 5.74) is 5.92. The fourth-order valence-electron chi connectivity index (χ4n) is 3.98. The molecule has 0 aliphatic heterocycles. The Bertz CT molecular complexity index is 2250. The molecule has 0 amide bonds. The van der Waals surface area contributed by atoms with Gasteiger partial charge in [-0.25, -0.2) is 21.4 Å². The Balaban J connectivity index is 0. The number of nitrogens with two attached hydrogens (primary N) is 1. The summed E-state index contributed by atoms with van der Waals surface area (Å²) in [5.74, 6) is -1.55. The number of sulfone groups is 2. The molecule has 0 bridgehead atoms. The number of esters is 2. The summed E-state index contributed by atoms with van der Waals surface area (Å²) >= 11 is 0. The summed E-state index contributed by atoms with van der Waals surface area (Å²) in [5, 5.41) is 27.3. The molecule has 5 N–H and O–H groups in total. The SMILES string of the molecule is C.CC#N.CCOC(=O)[C@@H](N)[C@H](O)c1ccc(S(C)(=O)=O)cc1.CCOC(=O)[C@@H](NS(=O)(=O)F)[C@H](O)c1ccc(S(C)(=O)=O)cc1.Cc1n(S(=O)(=O)F)cc[n+]1C. The van der Waals surface area contributed by atoms with Crippen molar-refractivity contribution in [3.8, 4) is 6.07 Å². The zero-order valence-electron chi connectivity index (χ0n) is 31.1. The molecule has 0 saturated carbocycles. The summed E-state index contributed by atoms with van der Waals surface area (Å²) in [7, 11) is -15.0. The van der Waals surface area contributed by atoms with Gasteiger partial charge in [0.15, 0.2) is 25.7 Å². The number of hydrogen-bond donors (Lipinski definition) is 4. The highest BCUT2D eigenvalue weighted by molar-refractivity contribution is 7.91. The Kier molecular flexibility index (Phi) is 22.8. The molecule has 0 spiro atoms. The normalized spacial score (nSPS) is 13.4. The van der Waals surface area contributed by atoms with Crippen molar-refractivity contribution < 1.29 is 75.3 Å². The smallest absolute Gasteiger partial charge is 0.465 e. The first-order valence-corrected chi connectivity index (χ1v) is 22.1. The third kappa shape index (κ3) is 19.1. The van der Waals surface area contributed by atoms with Gasteiger partial charge in [-0.15, -0.1) is 0 Å². The summed E-state index contributed by atoms with van der Waals surface area (Å²) in [4.78, 5) is 23.2. The number of aliphatic hydroxyl groups is 2. The average molecular weight is 893 g/mol. The molecule has 3 aromatic rings. The van der Waals surface area contributed by atoms with Crippen LogP contribution in [0.3, 0.4) is 0 Å². The molecule has 19 nitrogen and oxygen atoms in total. The van der Waals surface area contributed by atoms with Gasteiger partial charge in [0.05, 0.1) is 36.1 Å². The van der Waals surface area contributed by atoms with Gasteiger partial charge < -0.3 is 25.4 Å². The Morgan fingerprint density at radius 1 is 0.842 bits per heavy atom. The van der Waals surface area contributed by atoms with Gasteiger partial charge in [0.2, 0.25) is 0 Å². The highest BCUT2D eigenvalue weighted by Gasteiger charge is 2.33. The van der Waals surface area contributed by atoms with Crippen LogP contribution in [-0.4, -0.2) is 97.6 Å². The van der Waals surface area contributed by atoms with Gasteiger partial charge >= 0.3 is 32.8 Å². The Hall–Kier alpha value is -4.42. The van der Waals surface area contributed by atoms with E-state index in [9.17, 15) is 61.2 Å². The van der Waals surface area contributed by atoms with E-state index in [1.165, 1.54) is 84.8 Å². The number of hydrogen-bond acceptors (Lipinski definition) is 16. The average Bonchev–Trinajstić information content (AvgIpc) is 3.44. The quantitative estimate of drug-likeness (QED) is 0.104. The van der Waals surface area contributed by atoms with Crippen LogP contribution in [0.4, 0.5) is 7.77 Å². The number of benzene rings is 2. The molecule has 3 rings (SSSR count). The first-order valence-electron chi connectivity index (χ1n) is 15.6. The van der Waals surface area contributed by atoms with E-state index in [1.54, 1.807) is 20.0 Å². The third-order valence-electron chi connectivity index (χ3n) is 6.81. The molecule has 0 saturated heterocycles. The maximum Gasteiger partial charge on any atom is 0.480 e. The minimum atomic E-state index is -5.28. The molecular weight excluding hydrogens is 845 g/mol. The second-order valence-electron chi connectivity index (χ2n) is 11.1. The maximum absolute atomic E-state index is 12.8. The number of aromatic nitrogens is 2. The van der Waals surface area contributed by atoms with Crippen LogP contribution in [0.25, 0.3) is 0 Å². The predicted molar refractivity (Wildman–Crippen MR) is 201 cm³/mol. The van der Waals surface area contributed by atoms with Crippen LogP contribution in [0.5, 0.6) is 0 Å². The number of carbonyl (C=O) groups excluding carboxylic acids is 2. The molecule has 0 fully saturated rings. The second-order valence-corrected chi connectivity index (χ2v) is 17.4. The van der Waals surface area contributed by atoms with Crippen molar-refractivity contribution in [1.82, 2.24) is 8.69 Å². The lowest BCUT2D eigenvalue weighted by Gasteiger charge is -2.21. The number of imidazole rings is 1. The van der Waals surface area contributed by atoms with Crippen molar-refractivity contribution in [1.29, 1.82) is 5.26 Å². The molecule has 322 valence electrons. The Morgan fingerprint density at radius 2 is 1.21 bits per heavy atom. The maximum atomic E-state index is 12.8. The molecule has 25 heteroatoms. The van der Waals surface area contributed by atoms with Crippen molar-refractivity contribution in [2.75, 3.05) is 25.7 Å². The Morgan fingerprint density at radius 3 is 1.49 bits per heavy atom. The predicted octanol–water partition coefficient (Wildman–Crippen LogP) is 0.722. The van der Waals surface area contributed by atoms with Crippen LogP contribution < -0.4 is 15.0 Å². The number of rotatable bonds is 13. The van der Waals surface area contributed by atoms with Crippen molar-refractivity contribution in [2.45, 2.75) is 69.2 Å². The number of nitrogens with zero attached hydrogens (tertiary/aromatic N) is 3. The Labute approximate surface area is 332 Å². The third-order valence-corrected chi connectivity index (χ3v) is 10.5. The summed E-state index contributed by atoms with van der Waals surface area (Å²) < 4.78 is 125. The molecule has 2 aromatic carbocycles. The van der Waals surface area contributed by atoms with Gasteiger partial charge in [-0.2, -0.15) is 26.8 Å². The van der Waals surface area contributed by atoms with E-state index in [0.717, 1.165) is 18.7 Å². The van der Waals surface area contributed by atoms with Crippen LogP contribution in [-0.2, 0) is 66.6 Å². The number of nitriles is 1. The first-order chi connectivity index (χ1) is 25.6. The van der Waals surface area contributed by atoms with E-state index in [1.807, 2.05) is 0 Å². The summed E-state index contributed by atoms with van der Waals surface area (Å²) in [6.07, 6.45) is 1.68. The molecule has 0 unspecified atom stereocenters. The van der Waals surface area contributed by atoms with Crippen LogP contribution in [0, 0.1) is 18.3 Å². The van der Waals surface area contributed by atoms with Gasteiger partial charge in [-0.3, -0.25) is 9.59 Å². The fraction of sp³-hybridized carbons (Fsp3) is 0.438. The van der Waals surface area contributed by atoms with Crippen LogP contribution in [0.2, 0.25) is 0 Å². The van der Waals surface area contributed by atoms with Gasteiger partial charge in [0, 0.05) is 26.4 Å². The monoisotopic (exact) mass is 892 g/mol. The molecule has 1 heterocycles. The minimum Gasteiger partial charge on any atom is -0.465 e. The number of halogens is 2. The molecule has 0 aliphatic carbocycles. The lowest BCUT2D eigenvalue weighted by Crippen LogP contribution is -2.44. The van der Waals surface area contributed by atoms with Crippen molar-refractivity contribution >= 4 is 52.4 Å². The van der Waals surface area contributed by atoms with Gasteiger partial charge in [-0.05, 0) is 49.2 Å². The first kappa shape index (κ1) is 54.7. The lowest BCUT2D eigenvalue weighted by molar-refractivity contribution is -0.676. The zero-order valence-corrected chi connectivity index (χ0v) is 34.4. The van der Waals surface area contributed by atoms with E-state index in [2.05, 4.69) is 4.74 Å². The van der Waals surface area contributed by atoms with Gasteiger partial charge in [0.1, 0.15) is 30.6 Å². The minimum absolute atomic E-state index is 0. The molecule has 57 heavy (non-hydrogen) atoms. The van der Waals surface area contributed by atoms with Crippen LogP contribution in [0.1, 0.15) is 57.4 Å². The molecule has 0 aliphatic rings. The van der Waals surface area contributed by atoms with Gasteiger partial charge in [0.25, 0.3) is 5.82 Å². The topological polar surface area (TPSA) is 300 Å². The number of ether oxygens (including phenoxy) is 2. The number of carbonyl (C=O) groups is 2. The van der Waals surface area contributed by atoms with Gasteiger partial charge in [-0.1, -0.05) is 43.4 Å². The largest absolute Gasteiger partial charge is 0.480 e. The number of aliphatic hydroxyl groups excluding tert-OH is 2.